The lowest BCUT2D eigenvalue weighted by Gasteiger charge is -2.34. The van der Waals surface area contributed by atoms with Gasteiger partial charge in [-0.3, -0.25) is 0 Å². The second-order valence-corrected chi connectivity index (χ2v) is 3.64. The third-order valence-electron chi connectivity index (χ3n) is 2.90. The van der Waals surface area contributed by atoms with Crippen LogP contribution >= 0.6 is 0 Å². The molecule has 0 aromatic carbocycles. The van der Waals surface area contributed by atoms with Gasteiger partial charge in [0.15, 0.2) is 0 Å². The van der Waals surface area contributed by atoms with E-state index in [1.165, 1.54) is 0 Å². The summed E-state index contributed by atoms with van der Waals surface area (Å²) in [7, 11) is 0. The summed E-state index contributed by atoms with van der Waals surface area (Å²) in [5.41, 5.74) is -1.03. The maximum atomic E-state index is 9.04. The van der Waals surface area contributed by atoms with Gasteiger partial charge in [0.05, 0.1) is 23.0 Å². The highest BCUT2D eigenvalue weighted by Crippen LogP contribution is 2.43. The summed E-state index contributed by atoms with van der Waals surface area (Å²) in [5, 5.41) is 18.0. The first-order valence-electron chi connectivity index (χ1n) is 4.32. The Morgan fingerprint density at radius 3 is 1.50 bits per heavy atom. The van der Waals surface area contributed by atoms with Crippen LogP contribution in [0.3, 0.4) is 0 Å². The van der Waals surface area contributed by atoms with Crippen molar-refractivity contribution in [2.24, 2.45) is 10.8 Å². The lowest BCUT2D eigenvalue weighted by Crippen LogP contribution is -2.34. The van der Waals surface area contributed by atoms with E-state index in [0.29, 0.717) is 0 Å². The number of nitrogens with zero attached hydrogens (tertiary/aromatic N) is 2. The van der Waals surface area contributed by atoms with Crippen molar-refractivity contribution in [3.8, 4) is 12.1 Å². The molecule has 0 amide bonds. The molecule has 0 saturated carbocycles. The Kier molecular flexibility index (Phi) is 3.28. The first-order chi connectivity index (χ1) is 5.49. The van der Waals surface area contributed by atoms with Gasteiger partial charge in [0, 0.05) is 0 Å². The van der Waals surface area contributed by atoms with Crippen LogP contribution < -0.4 is 0 Å². The standard InChI is InChI=1S/C10H16N2/c1-5-10(6-2,8-12)9(3,4)7-11/h5-6H2,1-4H3. The van der Waals surface area contributed by atoms with E-state index in [0.717, 1.165) is 12.8 Å². The van der Waals surface area contributed by atoms with Crippen molar-refractivity contribution < 1.29 is 0 Å². The topological polar surface area (TPSA) is 47.6 Å². The molecule has 0 aliphatic heterocycles. The van der Waals surface area contributed by atoms with Crippen molar-refractivity contribution >= 4 is 0 Å². The highest BCUT2D eigenvalue weighted by Gasteiger charge is 2.42. The molecular weight excluding hydrogens is 148 g/mol. The van der Waals surface area contributed by atoms with Crippen molar-refractivity contribution in [1.29, 1.82) is 10.5 Å². The molecule has 0 radical (unpaired) electrons. The summed E-state index contributed by atoms with van der Waals surface area (Å²) in [5.74, 6) is 0. The van der Waals surface area contributed by atoms with Gasteiger partial charge in [0.25, 0.3) is 0 Å². The molecule has 2 nitrogen and oxygen atoms in total. The van der Waals surface area contributed by atoms with Gasteiger partial charge in [0.1, 0.15) is 0 Å². The van der Waals surface area contributed by atoms with Gasteiger partial charge in [0.2, 0.25) is 0 Å². The fourth-order valence-corrected chi connectivity index (χ4v) is 1.54. The third kappa shape index (κ3) is 1.43. The SMILES string of the molecule is CCC(C#N)(CC)C(C)(C)C#N. The van der Waals surface area contributed by atoms with E-state index in [4.69, 9.17) is 10.5 Å². The zero-order valence-corrected chi connectivity index (χ0v) is 8.31. The molecule has 0 N–H and O–H groups in total. The Labute approximate surface area is 74.8 Å². The Morgan fingerprint density at radius 1 is 1.00 bits per heavy atom. The first kappa shape index (κ1) is 11.0. The largest absolute Gasteiger partial charge is 0.198 e. The third-order valence-corrected chi connectivity index (χ3v) is 2.90. The van der Waals surface area contributed by atoms with Crippen LogP contribution in [-0.2, 0) is 0 Å². The van der Waals surface area contributed by atoms with Crippen LogP contribution in [0.25, 0.3) is 0 Å². The average molecular weight is 164 g/mol. The highest BCUT2D eigenvalue weighted by atomic mass is 14.5. The predicted octanol–water partition coefficient (Wildman–Crippen LogP) is 2.87. The average Bonchev–Trinajstić information content (AvgIpc) is 2.08. The molecule has 0 aliphatic carbocycles. The fourth-order valence-electron chi connectivity index (χ4n) is 1.54. The first-order valence-corrected chi connectivity index (χ1v) is 4.32. The van der Waals surface area contributed by atoms with Gasteiger partial charge in [-0.1, -0.05) is 13.8 Å². The van der Waals surface area contributed by atoms with E-state index < -0.39 is 10.8 Å². The zero-order chi connectivity index (χ0) is 9.83. The van der Waals surface area contributed by atoms with Crippen molar-refractivity contribution in [1.82, 2.24) is 0 Å². The molecular formula is C10H16N2. The summed E-state index contributed by atoms with van der Waals surface area (Å²) in [6, 6.07) is 4.50. The monoisotopic (exact) mass is 164 g/mol. The quantitative estimate of drug-likeness (QED) is 0.644. The van der Waals surface area contributed by atoms with Crippen LogP contribution in [0.15, 0.2) is 0 Å². The van der Waals surface area contributed by atoms with Gasteiger partial charge >= 0.3 is 0 Å². The lowest BCUT2D eigenvalue weighted by atomic mass is 9.64. The summed E-state index contributed by atoms with van der Waals surface area (Å²) in [4.78, 5) is 0. The fraction of sp³-hybridized carbons (Fsp3) is 0.800. The van der Waals surface area contributed by atoms with E-state index in [1.807, 2.05) is 27.7 Å². The molecule has 0 spiro atoms. The Hall–Kier alpha value is -1.02. The summed E-state index contributed by atoms with van der Waals surface area (Å²) in [6.07, 6.45) is 1.47. The summed E-state index contributed by atoms with van der Waals surface area (Å²) < 4.78 is 0. The molecule has 0 atom stereocenters. The van der Waals surface area contributed by atoms with Crippen LogP contribution in [-0.4, -0.2) is 0 Å². The molecule has 0 fully saturated rings. The van der Waals surface area contributed by atoms with Crippen LogP contribution in [0.2, 0.25) is 0 Å². The van der Waals surface area contributed by atoms with Crippen molar-refractivity contribution in [2.75, 3.05) is 0 Å². The van der Waals surface area contributed by atoms with Crippen molar-refractivity contribution in [2.45, 2.75) is 40.5 Å². The van der Waals surface area contributed by atoms with Crippen LogP contribution in [0.5, 0.6) is 0 Å². The minimum Gasteiger partial charge on any atom is -0.198 e. The minimum absolute atomic E-state index is 0.484. The van der Waals surface area contributed by atoms with E-state index in [9.17, 15) is 0 Å². The number of hydrogen-bond donors (Lipinski definition) is 0. The maximum Gasteiger partial charge on any atom is 0.0749 e. The Morgan fingerprint density at radius 2 is 1.42 bits per heavy atom. The molecule has 0 saturated heterocycles. The van der Waals surface area contributed by atoms with Crippen LogP contribution in [0.1, 0.15) is 40.5 Å². The van der Waals surface area contributed by atoms with Crippen molar-refractivity contribution in [3.63, 3.8) is 0 Å². The van der Waals surface area contributed by atoms with E-state index >= 15 is 0 Å². The number of nitriles is 2. The number of rotatable bonds is 3. The van der Waals surface area contributed by atoms with Crippen LogP contribution in [0, 0.1) is 33.5 Å². The van der Waals surface area contributed by atoms with Gasteiger partial charge < -0.3 is 0 Å². The maximum absolute atomic E-state index is 9.04. The van der Waals surface area contributed by atoms with E-state index in [-0.39, 0.29) is 0 Å². The zero-order valence-electron chi connectivity index (χ0n) is 8.31. The van der Waals surface area contributed by atoms with E-state index in [2.05, 4.69) is 12.1 Å². The predicted molar refractivity (Wildman–Crippen MR) is 48.0 cm³/mol. The minimum atomic E-state index is -0.550. The molecule has 0 rings (SSSR count). The second kappa shape index (κ2) is 3.59. The van der Waals surface area contributed by atoms with E-state index in [1.54, 1.807) is 0 Å². The second-order valence-electron chi connectivity index (χ2n) is 3.64. The molecule has 0 aliphatic rings. The molecule has 2 heteroatoms. The molecule has 0 bridgehead atoms. The van der Waals surface area contributed by atoms with Gasteiger partial charge in [-0.2, -0.15) is 10.5 Å². The molecule has 0 aromatic rings. The van der Waals surface area contributed by atoms with Crippen molar-refractivity contribution in [3.05, 3.63) is 0 Å². The molecule has 0 aromatic heterocycles. The molecule has 66 valence electrons. The Bertz CT molecular complexity index is 223. The number of hydrogen-bond acceptors (Lipinski definition) is 2. The Balaban J connectivity index is 5.03. The van der Waals surface area contributed by atoms with Crippen LogP contribution in [0.4, 0.5) is 0 Å². The smallest absolute Gasteiger partial charge is 0.0749 e. The summed E-state index contributed by atoms with van der Waals surface area (Å²) in [6.45, 7) is 7.60. The highest BCUT2D eigenvalue weighted by molar-refractivity contribution is 5.14. The van der Waals surface area contributed by atoms with Gasteiger partial charge in [-0.25, -0.2) is 0 Å². The molecule has 0 heterocycles. The molecule has 0 unspecified atom stereocenters. The lowest BCUT2D eigenvalue weighted by molar-refractivity contribution is 0.183. The molecule has 12 heavy (non-hydrogen) atoms. The normalized spacial score (nSPS) is 11.8. The van der Waals surface area contributed by atoms with Gasteiger partial charge in [-0.15, -0.1) is 0 Å². The summed E-state index contributed by atoms with van der Waals surface area (Å²) >= 11 is 0. The van der Waals surface area contributed by atoms with Gasteiger partial charge in [-0.05, 0) is 26.7 Å².